The Morgan fingerprint density at radius 1 is 1.50 bits per heavy atom. The maximum absolute atomic E-state index is 13.3. The van der Waals surface area contributed by atoms with Crippen molar-refractivity contribution >= 4 is 11.6 Å². The van der Waals surface area contributed by atoms with Gasteiger partial charge in [-0.15, -0.1) is 11.6 Å². The summed E-state index contributed by atoms with van der Waals surface area (Å²) in [7, 11) is 1.45. The van der Waals surface area contributed by atoms with Crippen LogP contribution in [0.15, 0.2) is 18.2 Å². The van der Waals surface area contributed by atoms with Gasteiger partial charge in [0.2, 0.25) is 0 Å². The van der Waals surface area contributed by atoms with Crippen molar-refractivity contribution in [2.24, 2.45) is 0 Å². The largest absolute Gasteiger partial charge is 0.494 e. The fourth-order valence-corrected chi connectivity index (χ4v) is 1.21. The second-order valence-corrected chi connectivity index (χ2v) is 2.75. The minimum Gasteiger partial charge on any atom is -0.494 e. The molecule has 12 heavy (non-hydrogen) atoms. The van der Waals surface area contributed by atoms with E-state index in [1.54, 1.807) is 18.2 Å². The van der Waals surface area contributed by atoms with Crippen LogP contribution in [0.5, 0.6) is 5.75 Å². The van der Waals surface area contributed by atoms with Crippen molar-refractivity contribution in [2.45, 2.75) is 6.42 Å². The fraction of sp³-hybridized carbons (Fsp3) is 0.333. The van der Waals surface area contributed by atoms with Gasteiger partial charge in [-0.1, -0.05) is 12.1 Å². The van der Waals surface area contributed by atoms with Crippen molar-refractivity contribution in [1.82, 2.24) is 0 Å². The summed E-state index contributed by atoms with van der Waals surface area (Å²) in [6, 6.07) is 5.05. The molecule has 0 saturated heterocycles. The first-order chi connectivity index (χ1) is 5.79. The zero-order valence-electron chi connectivity index (χ0n) is 6.81. The van der Waals surface area contributed by atoms with Crippen LogP contribution in [0.1, 0.15) is 5.56 Å². The number of ether oxygens (including phenoxy) is 1. The SMILES string of the molecule is COc1cccc(CCCl)c1F. The van der Waals surface area contributed by atoms with Crippen LogP contribution < -0.4 is 4.74 Å². The van der Waals surface area contributed by atoms with Crippen LogP contribution in [-0.4, -0.2) is 13.0 Å². The molecule has 0 amide bonds. The number of rotatable bonds is 3. The van der Waals surface area contributed by atoms with Crippen molar-refractivity contribution in [2.75, 3.05) is 13.0 Å². The summed E-state index contributed by atoms with van der Waals surface area (Å²) in [5.74, 6) is 0.391. The van der Waals surface area contributed by atoms with Gasteiger partial charge in [-0.3, -0.25) is 0 Å². The maximum atomic E-state index is 13.3. The topological polar surface area (TPSA) is 9.23 Å². The Hall–Kier alpha value is -0.760. The number of hydrogen-bond donors (Lipinski definition) is 0. The van der Waals surface area contributed by atoms with E-state index in [0.29, 0.717) is 17.9 Å². The fourth-order valence-electron chi connectivity index (χ4n) is 1.01. The van der Waals surface area contributed by atoms with Crippen LogP contribution in [0.3, 0.4) is 0 Å². The number of aryl methyl sites for hydroxylation is 1. The Morgan fingerprint density at radius 3 is 2.83 bits per heavy atom. The van der Waals surface area contributed by atoms with Crippen LogP contribution in [0.25, 0.3) is 0 Å². The zero-order valence-corrected chi connectivity index (χ0v) is 7.57. The van der Waals surface area contributed by atoms with Gasteiger partial charge in [-0.05, 0) is 18.1 Å². The Bertz CT molecular complexity index is 263. The summed E-state index contributed by atoms with van der Waals surface area (Å²) in [5.41, 5.74) is 0.601. The average molecular weight is 189 g/mol. The Labute approximate surface area is 76.1 Å². The second-order valence-electron chi connectivity index (χ2n) is 2.37. The highest BCUT2D eigenvalue weighted by Crippen LogP contribution is 2.20. The molecule has 0 atom stereocenters. The normalized spacial score (nSPS) is 9.92. The minimum atomic E-state index is -0.305. The third-order valence-electron chi connectivity index (χ3n) is 1.63. The molecule has 0 radical (unpaired) electrons. The monoisotopic (exact) mass is 188 g/mol. The molecule has 0 bridgehead atoms. The predicted octanol–water partition coefficient (Wildman–Crippen LogP) is 2.62. The van der Waals surface area contributed by atoms with Gasteiger partial charge in [0.1, 0.15) is 0 Å². The number of benzene rings is 1. The van der Waals surface area contributed by atoms with E-state index >= 15 is 0 Å². The molecule has 0 fully saturated rings. The van der Waals surface area contributed by atoms with Crippen molar-refractivity contribution in [3.05, 3.63) is 29.6 Å². The molecule has 0 aliphatic heterocycles. The Kier molecular flexibility index (Phi) is 3.35. The van der Waals surface area contributed by atoms with E-state index in [4.69, 9.17) is 16.3 Å². The van der Waals surface area contributed by atoms with E-state index in [0.717, 1.165) is 0 Å². The van der Waals surface area contributed by atoms with E-state index < -0.39 is 0 Å². The van der Waals surface area contributed by atoms with E-state index in [-0.39, 0.29) is 11.6 Å². The summed E-state index contributed by atoms with van der Waals surface area (Å²) in [5, 5.41) is 0. The molecule has 3 heteroatoms. The van der Waals surface area contributed by atoms with Gasteiger partial charge >= 0.3 is 0 Å². The number of halogens is 2. The van der Waals surface area contributed by atoms with Crippen molar-refractivity contribution in [3.63, 3.8) is 0 Å². The lowest BCUT2D eigenvalue weighted by Crippen LogP contribution is -1.95. The Morgan fingerprint density at radius 2 is 2.25 bits per heavy atom. The molecule has 0 spiro atoms. The molecular formula is C9H10ClFO. The lowest BCUT2D eigenvalue weighted by Gasteiger charge is -2.04. The van der Waals surface area contributed by atoms with Gasteiger partial charge in [0.25, 0.3) is 0 Å². The second kappa shape index (κ2) is 4.31. The molecular weight excluding hydrogens is 179 g/mol. The lowest BCUT2D eigenvalue weighted by molar-refractivity contribution is 0.384. The van der Waals surface area contributed by atoms with Crippen LogP contribution in [0.4, 0.5) is 4.39 Å². The molecule has 0 saturated carbocycles. The minimum absolute atomic E-state index is 0.276. The predicted molar refractivity (Wildman–Crippen MR) is 47.4 cm³/mol. The number of methoxy groups -OCH3 is 1. The molecule has 0 aromatic heterocycles. The molecule has 0 heterocycles. The number of alkyl halides is 1. The van der Waals surface area contributed by atoms with Gasteiger partial charge in [0.15, 0.2) is 11.6 Å². The first-order valence-corrected chi connectivity index (χ1v) is 4.20. The van der Waals surface area contributed by atoms with Gasteiger partial charge in [0, 0.05) is 5.88 Å². The summed E-state index contributed by atoms with van der Waals surface area (Å²) < 4.78 is 18.1. The molecule has 1 nitrogen and oxygen atoms in total. The third-order valence-corrected chi connectivity index (χ3v) is 1.82. The smallest absolute Gasteiger partial charge is 0.168 e. The van der Waals surface area contributed by atoms with E-state index in [1.807, 2.05) is 0 Å². The Balaban J connectivity index is 2.97. The molecule has 0 aliphatic carbocycles. The molecule has 1 aromatic carbocycles. The van der Waals surface area contributed by atoms with Gasteiger partial charge in [0.05, 0.1) is 7.11 Å². The standard InChI is InChI=1S/C9H10ClFO/c1-12-8-4-2-3-7(5-6-10)9(8)11/h2-4H,5-6H2,1H3. The van der Waals surface area contributed by atoms with Crippen LogP contribution in [0, 0.1) is 5.82 Å². The first-order valence-electron chi connectivity index (χ1n) is 3.67. The summed E-state index contributed by atoms with van der Waals surface area (Å²) >= 11 is 5.50. The van der Waals surface area contributed by atoms with Crippen molar-refractivity contribution in [1.29, 1.82) is 0 Å². The third kappa shape index (κ3) is 1.89. The van der Waals surface area contributed by atoms with E-state index in [1.165, 1.54) is 7.11 Å². The van der Waals surface area contributed by atoms with Crippen LogP contribution in [-0.2, 0) is 6.42 Å². The highest BCUT2D eigenvalue weighted by Gasteiger charge is 2.06. The van der Waals surface area contributed by atoms with Crippen LogP contribution in [0.2, 0.25) is 0 Å². The molecule has 66 valence electrons. The van der Waals surface area contributed by atoms with Gasteiger partial charge in [-0.2, -0.15) is 0 Å². The molecule has 0 aliphatic rings. The molecule has 0 unspecified atom stereocenters. The van der Waals surface area contributed by atoms with E-state index in [9.17, 15) is 4.39 Å². The summed E-state index contributed by atoms with van der Waals surface area (Å²) in [6.07, 6.45) is 0.532. The van der Waals surface area contributed by atoms with Gasteiger partial charge < -0.3 is 4.74 Å². The molecule has 0 N–H and O–H groups in total. The highest BCUT2D eigenvalue weighted by atomic mass is 35.5. The molecule has 1 rings (SSSR count). The summed E-state index contributed by atoms with van der Waals surface area (Å²) in [4.78, 5) is 0. The quantitative estimate of drug-likeness (QED) is 0.663. The number of hydrogen-bond acceptors (Lipinski definition) is 1. The van der Waals surface area contributed by atoms with Crippen molar-refractivity contribution < 1.29 is 9.13 Å². The molecule has 1 aromatic rings. The average Bonchev–Trinajstić information content (AvgIpc) is 2.09. The highest BCUT2D eigenvalue weighted by molar-refractivity contribution is 6.17. The van der Waals surface area contributed by atoms with Crippen molar-refractivity contribution in [3.8, 4) is 5.75 Å². The first kappa shape index (κ1) is 9.33. The lowest BCUT2D eigenvalue weighted by atomic mass is 10.1. The maximum Gasteiger partial charge on any atom is 0.168 e. The van der Waals surface area contributed by atoms with Crippen LogP contribution >= 0.6 is 11.6 Å². The summed E-state index contributed by atoms with van der Waals surface area (Å²) in [6.45, 7) is 0. The van der Waals surface area contributed by atoms with E-state index in [2.05, 4.69) is 0 Å². The van der Waals surface area contributed by atoms with Gasteiger partial charge in [-0.25, -0.2) is 4.39 Å². The zero-order chi connectivity index (χ0) is 8.97.